The lowest BCUT2D eigenvalue weighted by atomic mass is 9.92. The molecule has 1 atom stereocenters. The van der Waals surface area contributed by atoms with Gasteiger partial charge in [-0.05, 0) is 48.3 Å². The third-order valence-electron chi connectivity index (χ3n) is 5.98. The zero-order chi connectivity index (χ0) is 21.2. The number of nitrogens with zero attached hydrogens (tertiary/aromatic N) is 3. The van der Waals surface area contributed by atoms with Crippen LogP contribution < -0.4 is 4.90 Å². The number of carbonyl (C=O) groups is 1. The molecule has 4 aromatic rings. The number of aromatic nitrogens is 1. The smallest absolute Gasteiger partial charge is 0.223 e. The summed E-state index contributed by atoms with van der Waals surface area (Å²) in [6.07, 6.45) is 0.413. The van der Waals surface area contributed by atoms with Crippen LogP contribution in [0.25, 0.3) is 10.1 Å². The summed E-state index contributed by atoms with van der Waals surface area (Å²) in [7, 11) is 0. The quantitative estimate of drug-likeness (QED) is 0.443. The second-order valence-electron chi connectivity index (χ2n) is 7.99. The average Bonchev–Trinajstić information content (AvgIpc) is 3.44. The number of aryl methyl sites for hydroxylation is 1. The van der Waals surface area contributed by atoms with Crippen LogP contribution in [0.2, 0.25) is 0 Å². The molecular weight excluding hydrogens is 406 g/mol. The third-order valence-corrected chi connectivity index (χ3v) is 6.79. The summed E-state index contributed by atoms with van der Waals surface area (Å²) in [6, 6.07) is 22.5. The lowest BCUT2D eigenvalue weighted by Gasteiger charge is -2.35. The van der Waals surface area contributed by atoms with Crippen molar-refractivity contribution in [2.45, 2.75) is 19.3 Å². The predicted molar refractivity (Wildman–Crippen MR) is 125 cm³/mol. The van der Waals surface area contributed by atoms with Crippen LogP contribution in [-0.2, 0) is 4.79 Å². The fraction of sp³-hybridized carbons (Fsp3) is 0.280. The molecule has 0 saturated carbocycles. The van der Waals surface area contributed by atoms with E-state index in [1.165, 1.54) is 21.6 Å². The largest absolute Gasteiger partial charge is 0.466 e. The van der Waals surface area contributed by atoms with Gasteiger partial charge in [-0.25, -0.2) is 0 Å². The van der Waals surface area contributed by atoms with Gasteiger partial charge in [-0.1, -0.05) is 42.5 Å². The number of fused-ring (bicyclic) bond motifs is 1. The van der Waals surface area contributed by atoms with Crippen LogP contribution in [0.4, 0.5) is 5.82 Å². The van der Waals surface area contributed by atoms with Crippen LogP contribution in [0.5, 0.6) is 0 Å². The zero-order valence-electron chi connectivity index (χ0n) is 17.5. The van der Waals surface area contributed by atoms with Crippen molar-refractivity contribution in [2.75, 3.05) is 31.1 Å². The summed E-state index contributed by atoms with van der Waals surface area (Å²) < 4.78 is 11.8. The van der Waals surface area contributed by atoms with E-state index in [0.717, 1.165) is 36.0 Å². The van der Waals surface area contributed by atoms with Crippen LogP contribution in [0.1, 0.15) is 29.4 Å². The minimum absolute atomic E-state index is 0.0667. The first-order valence-corrected chi connectivity index (χ1v) is 11.4. The van der Waals surface area contributed by atoms with Crippen molar-refractivity contribution >= 4 is 33.3 Å². The van der Waals surface area contributed by atoms with Crippen molar-refractivity contribution in [2.24, 2.45) is 0 Å². The van der Waals surface area contributed by atoms with Crippen LogP contribution in [-0.4, -0.2) is 41.4 Å². The van der Waals surface area contributed by atoms with Gasteiger partial charge in [-0.2, -0.15) is 4.37 Å². The lowest BCUT2D eigenvalue weighted by Crippen LogP contribution is -2.49. The van der Waals surface area contributed by atoms with Gasteiger partial charge in [-0.3, -0.25) is 4.79 Å². The SMILES string of the molecule is Cc1ccc(C(CC(=O)N2CCN(c3nsc4ccccc34)CC2)c2ccccc2)o1. The fourth-order valence-corrected chi connectivity index (χ4v) is 5.08. The molecule has 0 bridgehead atoms. The first kappa shape index (κ1) is 19.8. The molecule has 1 fully saturated rings. The third kappa shape index (κ3) is 4.08. The topological polar surface area (TPSA) is 49.6 Å². The predicted octanol–water partition coefficient (Wildman–Crippen LogP) is 5.07. The van der Waals surface area contributed by atoms with Crippen molar-refractivity contribution in [3.05, 3.63) is 83.8 Å². The van der Waals surface area contributed by atoms with Gasteiger partial charge in [0.15, 0.2) is 0 Å². The Morgan fingerprint density at radius 1 is 1.00 bits per heavy atom. The Hall–Kier alpha value is -3.12. The molecule has 5 rings (SSSR count). The number of carbonyl (C=O) groups excluding carboxylic acids is 1. The van der Waals surface area contributed by atoms with Gasteiger partial charge in [-0.15, -0.1) is 0 Å². The molecule has 2 aromatic heterocycles. The van der Waals surface area contributed by atoms with E-state index in [1.54, 1.807) is 0 Å². The number of furan rings is 1. The maximum atomic E-state index is 13.2. The molecule has 1 saturated heterocycles. The van der Waals surface area contributed by atoms with E-state index in [1.807, 2.05) is 48.2 Å². The zero-order valence-corrected chi connectivity index (χ0v) is 18.3. The van der Waals surface area contributed by atoms with Crippen LogP contribution in [0.15, 0.2) is 71.1 Å². The van der Waals surface area contributed by atoms with Gasteiger partial charge in [0.2, 0.25) is 5.91 Å². The number of hydrogen-bond donors (Lipinski definition) is 0. The van der Waals surface area contributed by atoms with Crippen LogP contribution in [0, 0.1) is 6.92 Å². The second kappa shape index (κ2) is 8.55. The summed E-state index contributed by atoms with van der Waals surface area (Å²) in [5.74, 6) is 2.87. The Balaban J connectivity index is 1.28. The number of benzene rings is 2. The standard InChI is InChI=1S/C25H25N3O2S/c1-18-11-12-22(30-18)21(19-7-3-2-4-8-19)17-24(29)27-13-15-28(16-14-27)25-20-9-5-6-10-23(20)31-26-25/h2-12,21H,13-17H2,1H3. The van der Waals surface area contributed by atoms with E-state index in [9.17, 15) is 4.79 Å². The fourth-order valence-electron chi connectivity index (χ4n) is 4.28. The highest BCUT2D eigenvalue weighted by molar-refractivity contribution is 7.13. The first-order chi connectivity index (χ1) is 15.2. The van der Waals surface area contributed by atoms with E-state index < -0.39 is 0 Å². The number of piperazine rings is 1. The minimum Gasteiger partial charge on any atom is -0.466 e. The molecule has 0 aliphatic carbocycles. The summed E-state index contributed by atoms with van der Waals surface area (Å²) in [5, 5.41) is 1.20. The molecule has 3 heterocycles. The molecule has 31 heavy (non-hydrogen) atoms. The van der Waals surface area contributed by atoms with Crippen molar-refractivity contribution in [1.82, 2.24) is 9.27 Å². The Morgan fingerprint density at radius 3 is 2.48 bits per heavy atom. The van der Waals surface area contributed by atoms with E-state index >= 15 is 0 Å². The maximum Gasteiger partial charge on any atom is 0.223 e. The Morgan fingerprint density at radius 2 is 1.74 bits per heavy atom. The molecule has 0 N–H and O–H groups in total. The summed E-state index contributed by atoms with van der Waals surface area (Å²) >= 11 is 1.54. The highest BCUT2D eigenvalue weighted by Gasteiger charge is 2.27. The van der Waals surface area contributed by atoms with Gasteiger partial charge in [0.1, 0.15) is 17.3 Å². The first-order valence-electron chi connectivity index (χ1n) is 10.7. The summed E-state index contributed by atoms with van der Waals surface area (Å²) in [5.41, 5.74) is 1.11. The monoisotopic (exact) mass is 431 g/mol. The molecule has 0 spiro atoms. The highest BCUT2D eigenvalue weighted by Crippen LogP contribution is 2.32. The van der Waals surface area contributed by atoms with Gasteiger partial charge in [0, 0.05) is 38.0 Å². The summed E-state index contributed by atoms with van der Waals surface area (Å²) in [6.45, 7) is 4.96. The minimum atomic E-state index is -0.0667. The lowest BCUT2D eigenvalue weighted by molar-refractivity contribution is -0.131. The van der Waals surface area contributed by atoms with E-state index in [-0.39, 0.29) is 11.8 Å². The number of anilines is 1. The average molecular weight is 432 g/mol. The van der Waals surface area contributed by atoms with Crippen LogP contribution >= 0.6 is 11.5 Å². The molecule has 0 radical (unpaired) electrons. The molecule has 1 unspecified atom stereocenters. The number of rotatable bonds is 5. The molecule has 1 aliphatic heterocycles. The molecule has 2 aromatic carbocycles. The molecular formula is C25H25N3O2S. The maximum absolute atomic E-state index is 13.2. The van der Waals surface area contributed by atoms with Crippen LogP contribution in [0.3, 0.4) is 0 Å². The Bertz CT molecular complexity index is 1180. The Labute approximate surface area is 186 Å². The normalized spacial score (nSPS) is 15.4. The van der Waals surface area contributed by atoms with Crippen molar-refractivity contribution in [3.8, 4) is 0 Å². The number of hydrogen-bond acceptors (Lipinski definition) is 5. The molecule has 1 amide bonds. The van der Waals surface area contributed by atoms with E-state index in [0.29, 0.717) is 19.5 Å². The van der Waals surface area contributed by atoms with Crippen molar-refractivity contribution in [1.29, 1.82) is 0 Å². The van der Waals surface area contributed by atoms with E-state index in [4.69, 9.17) is 4.42 Å². The molecule has 1 aliphatic rings. The number of amides is 1. The molecule has 5 nitrogen and oxygen atoms in total. The second-order valence-corrected chi connectivity index (χ2v) is 8.79. The van der Waals surface area contributed by atoms with Gasteiger partial charge in [0.25, 0.3) is 0 Å². The molecule has 6 heteroatoms. The van der Waals surface area contributed by atoms with Crippen molar-refractivity contribution in [3.63, 3.8) is 0 Å². The van der Waals surface area contributed by atoms with Crippen molar-refractivity contribution < 1.29 is 9.21 Å². The molecule has 158 valence electrons. The van der Waals surface area contributed by atoms with E-state index in [2.05, 4.69) is 39.6 Å². The van der Waals surface area contributed by atoms with Gasteiger partial charge >= 0.3 is 0 Å². The van der Waals surface area contributed by atoms with Gasteiger partial charge in [0.05, 0.1) is 10.6 Å². The highest BCUT2D eigenvalue weighted by atomic mass is 32.1. The summed E-state index contributed by atoms with van der Waals surface area (Å²) in [4.78, 5) is 17.5. The Kier molecular flexibility index (Phi) is 5.47. The van der Waals surface area contributed by atoms with Gasteiger partial charge < -0.3 is 14.2 Å².